The molecule has 1 aliphatic rings. The minimum Gasteiger partial charge on any atom is -0.265 e. The van der Waals surface area contributed by atoms with Crippen LogP contribution in [0.4, 0.5) is 0 Å². The van der Waals surface area contributed by atoms with E-state index in [1.165, 1.54) is 31.2 Å². The summed E-state index contributed by atoms with van der Waals surface area (Å²) < 4.78 is 0. The zero-order valence-corrected chi connectivity index (χ0v) is 10.3. The lowest BCUT2D eigenvalue weighted by Crippen LogP contribution is -2.13. The van der Waals surface area contributed by atoms with Gasteiger partial charge in [-0.2, -0.15) is 0 Å². The molecule has 1 nitrogen and oxygen atoms in total. The van der Waals surface area contributed by atoms with Gasteiger partial charge in [0, 0.05) is 12.4 Å². The highest BCUT2D eigenvalue weighted by Gasteiger charge is 2.18. The molecular formula is C15H21N. The first kappa shape index (κ1) is 11.4. The van der Waals surface area contributed by atoms with Crippen molar-refractivity contribution in [2.75, 3.05) is 0 Å². The van der Waals surface area contributed by atoms with E-state index in [0.717, 1.165) is 11.8 Å². The van der Waals surface area contributed by atoms with E-state index in [2.05, 4.69) is 37.0 Å². The molecule has 0 spiro atoms. The Balaban J connectivity index is 1.97. The van der Waals surface area contributed by atoms with E-state index in [1.807, 2.05) is 12.4 Å². The molecule has 1 aromatic heterocycles. The molecule has 2 rings (SSSR count). The Labute approximate surface area is 98.6 Å². The molecule has 1 heterocycles. The van der Waals surface area contributed by atoms with Crippen LogP contribution in [0.15, 0.2) is 30.1 Å². The van der Waals surface area contributed by atoms with Crippen LogP contribution in [0.1, 0.15) is 45.1 Å². The van der Waals surface area contributed by atoms with E-state index in [4.69, 9.17) is 0 Å². The quantitative estimate of drug-likeness (QED) is 0.716. The molecule has 1 saturated carbocycles. The first-order valence-corrected chi connectivity index (χ1v) is 6.35. The second kappa shape index (κ2) is 5.29. The highest BCUT2D eigenvalue weighted by atomic mass is 14.6. The average Bonchev–Trinajstić information content (AvgIpc) is 2.31. The van der Waals surface area contributed by atoms with Crippen LogP contribution < -0.4 is 0 Å². The SMILES string of the molecule is CC(C)C1CCC(=Cc2ccncc2)CC1. The molecule has 0 radical (unpaired) electrons. The molecular weight excluding hydrogens is 194 g/mol. The fourth-order valence-corrected chi connectivity index (χ4v) is 2.52. The van der Waals surface area contributed by atoms with Gasteiger partial charge in [0.2, 0.25) is 0 Å². The van der Waals surface area contributed by atoms with Gasteiger partial charge in [0.05, 0.1) is 0 Å². The lowest BCUT2D eigenvalue weighted by molar-refractivity contribution is 0.312. The van der Waals surface area contributed by atoms with Crippen molar-refractivity contribution >= 4 is 6.08 Å². The number of hydrogen-bond donors (Lipinski definition) is 0. The number of hydrogen-bond acceptors (Lipinski definition) is 1. The van der Waals surface area contributed by atoms with Gasteiger partial charge < -0.3 is 0 Å². The maximum Gasteiger partial charge on any atom is 0.0273 e. The van der Waals surface area contributed by atoms with E-state index in [-0.39, 0.29) is 0 Å². The molecule has 1 aliphatic carbocycles. The van der Waals surface area contributed by atoms with Gasteiger partial charge in [-0.3, -0.25) is 4.98 Å². The Bertz CT molecular complexity index is 341. The Hall–Kier alpha value is -1.11. The van der Waals surface area contributed by atoms with Crippen LogP contribution >= 0.6 is 0 Å². The van der Waals surface area contributed by atoms with Crippen molar-refractivity contribution < 1.29 is 0 Å². The summed E-state index contributed by atoms with van der Waals surface area (Å²) in [6, 6.07) is 4.17. The fraction of sp³-hybridized carbons (Fsp3) is 0.533. The van der Waals surface area contributed by atoms with Crippen LogP contribution in [0.5, 0.6) is 0 Å². The molecule has 16 heavy (non-hydrogen) atoms. The molecule has 1 fully saturated rings. The molecule has 0 bridgehead atoms. The Morgan fingerprint density at radius 1 is 1.19 bits per heavy atom. The van der Waals surface area contributed by atoms with Gasteiger partial charge in [-0.25, -0.2) is 0 Å². The zero-order chi connectivity index (χ0) is 11.4. The third-order valence-electron chi connectivity index (χ3n) is 3.69. The van der Waals surface area contributed by atoms with Crippen molar-refractivity contribution in [2.45, 2.75) is 39.5 Å². The van der Waals surface area contributed by atoms with E-state index >= 15 is 0 Å². The second-order valence-corrected chi connectivity index (χ2v) is 5.16. The van der Waals surface area contributed by atoms with E-state index in [0.29, 0.717) is 0 Å². The second-order valence-electron chi connectivity index (χ2n) is 5.16. The topological polar surface area (TPSA) is 12.9 Å². The standard InChI is InChI=1S/C15H21N/c1-12(2)15-5-3-13(4-6-15)11-14-7-9-16-10-8-14/h7-12,15H,3-6H2,1-2H3. The molecule has 0 aliphatic heterocycles. The van der Waals surface area contributed by atoms with Gasteiger partial charge in [0.25, 0.3) is 0 Å². The summed E-state index contributed by atoms with van der Waals surface area (Å²) in [5, 5.41) is 0. The van der Waals surface area contributed by atoms with Crippen LogP contribution in [0.25, 0.3) is 6.08 Å². The van der Waals surface area contributed by atoms with E-state index in [1.54, 1.807) is 5.57 Å². The van der Waals surface area contributed by atoms with Gasteiger partial charge >= 0.3 is 0 Å². The predicted molar refractivity (Wildman–Crippen MR) is 69.0 cm³/mol. The first-order valence-electron chi connectivity index (χ1n) is 6.35. The zero-order valence-electron chi connectivity index (χ0n) is 10.3. The maximum absolute atomic E-state index is 4.04. The molecule has 0 atom stereocenters. The van der Waals surface area contributed by atoms with Gasteiger partial charge in [0.1, 0.15) is 0 Å². The van der Waals surface area contributed by atoms with Gasteiger partial charge in [-0.05, 0) is 55.2 Å². The molecule has 1 aromatic rings. The van der Waals surface area contributed by atoms with Crippen molar-refractivity contribution in [2.24, 2.45) is 11.8 Å². The number of aromatic nitrogens is 1. The van der Waals surface area contributed by atoms with Crippen molar-refractivity contribution in [1.29, 1.82) is 0 Å². The minimum absolute atomic E-state index is 0.850. The average molecular weight is 215 g/mol. The summed E-state index contributed by atoms with van der Waals surface area (Å²) >= 11 is 0. The Kier molecular flexibility index (Phi) is 3.76. The highest BCUT2D eigenvalue weighted by Crippen LogP contribution is 2.33. The molecule has 86 valence electrons. The smallest absolute Gasteiger partial charge is 0.0273 e. The molecule has 0 aromatic carbocycles. The van der Waals surface area contributed by atoms with Crippen LogP contribution in [-0.2, 0) is 0 Å². The van der Waals surface area contributed by atoms with Crippen LogP contribution in [-0.4, -0.2) is 4.98 Å². The van der Waals surface area contributed by atoms with Gasteiger partial charge in [0.15, 0.2) is 0 Å². The third kappa shape index (κ3) is 2.94. The summed E-state index contributed by atoms with van der Waals surface area (Å²) in [7, 11) is 0. The lowest BCUT2D eigenvalue weighted by atomic mass is 9.79. The number of nitrogens with zero attached hydrogens (tertiary/aromatic N) is 1. The van der Waals surface area contributed by atoms with Crippen LogP contribution in [0.2, 0.25) is 0 Å². The molecule has 0 saturated heterocycles. The number of pyridine rings is 1. The summed E-state index contributed by atoms with van der Waals surface area (Å²) in [6.45, 7) is 4.70. The maximum atomic E-state index is 4.04. The minimum atomic E-state index is 0.850. The molecule has 0 unspecified atom stereocenters. The lowest BCUT2D eigenvalue weighted by Gasteiger charge is -2.26. The van der Waals surface area contributed by atoms with Gasteiger partial charge in [-0.1, -0.05) is 25.5 Å². The number of allylic oxidation sites excluding steroid dienone is 1. The van der Waals surface area contributed by atoms with Crippen molar-refractivity contribution in [3.8, 4) is 0 Å². The summed E-state index contributed by atoms with van der Waals surface area (Å²) in [5.41, 5.74) is 2.91. The molecule has 0 amide bonds. The Morgan fingerprint density at radius 2 is 1.81 bits per heavy atom. The van der Waals surface area contributed by atoms with Crippen molar-refractivity contribution in [3.05, 3.63) is 35.7 Å². The highest BCUT2D eigenvalue weighted by molar-refractivity contribution is 5.52. The summed E-state index contributed by atoms with van der Waals surface area (Å²) in [4.78, 5) is 4.04. The van der Waals surface area contributed by atoms with Gasteiger partial charge in [-0.15, -0.1) is 0 Å². The molecule has 1 heteroatoms. The normalized spacial score (nSPS) is 21.2. The third-order valence-corrected chi connectivity index (χ3v) is 3.69. The summed E-state index contributed by atoms with van der Waals surface area (Å²) in [6.07, 6.45) is 11.4. The first-order chi connectivity index (χ1) is 7.75. The van der Waals surface area contributed by atoms with Crippen molar-refractivity contribution in [3.63, 3.8) is 0 Å². The van der Waals surface area contributed by atoms with Crippen LogP contribution in [0, 0.1) is 11.8 Å². The van der Waals surface area contributed by atoms with Crippen LogP contribution in [0.3, 0.4) is 0 Å². The monoisotopic (exact) mass is 215 g/mol. The number of rotatable bonds is 2. The fourth-order valence-electron chi connectivity index (χ4n) is 2.52. The van der Waals surface area contributed by atoms with Crippen molar-refractivity contribution in [1.82, 2.24) is 4.98 Å². The Morgan fingerprint density at radius 3 is 2.38 bits per heavy atom. The predicted octanol–water partition coefficient (Wildman–Crippen LogP) is 4.31. The van der Waals surface area contributed by atoms with E-state index in [9.17, 15) is 0 Å². The van der Waals surface area contributed by atoms with E-state index < -0.39 is 0 Å². The largest absolute Gasteiger partial charge is 0.265 e. The molecule has 0 N–H and O–H groups in total. The summed E-state index contributed by atoms with van der Waals surface area (Å²) in [5.74, 6) is 1.79.